The summed E-state index contributed by atoms with van der Waals surface area (Å²) in [6.07, 6.45) is -0.177. The average molecular weight is 258 g/mol. The predicted molar refractivity (Wildman–Crippen MR) is 66.9 cm³/mol. The molecule has 1 unspecified atom stereocenters. The van der Waals surface area contributed by atoms with E-state index in [9.17, 15) is 14.4 Å². The molecule has 0 saturated heterocycles. The first-order valence-electron chi connectivity index (χ1n) is 5.86. The summed E-state index contributed by atoms with van der Waals surface area (Å²) < 4.78 is 0. The summed E-state index contributed by atoms with van der Waals surface area (Å²) in [5, 5.41) is 13.9. The van der Waals surface area contributed by atoms with E-state index >= 15 is 0 Å². The summed E-state index contributed by atoms with van der Waals surface area (Å²) in [6.45, 7) is 8.22. The van der Waals surface area contributed by atoms with Crippen LogP contribution in [0.25, 0.3) is 0 Å². The second-order valence-electron chi connectivity index (χ2n) is 5.37. The van der Waals surface area contributed by atoms with Crippen LogP contribution in [0, 0.1) is 5.92 Å². The standard InChI is InChI=1S/C12H22N2O4/c1-7(2)10(13-8(3)15)11(18)14-12(4,5)6-9(16)17/h7,10H,6H2,1-5H3,(H,13,15)(H,14,18)(H,16,17). The van der Waals surface area contributed by atoms with Crippen molar-refractivity contribution >= 4 is 17.8 Å². The number of aliphatic carboxylic acids is 1. The first kappa shape index (κ1) is 16.4. The lowest BCUT2D eigenvalue weighted by atomic mass is 9.97. The van der Waals surface area contributed by atoms with Gasteiger partial charge in [-0.05, 0) is 19.8 Å². The monoisotopic (exact) mass is 258 g/mol. The van der Waals surface area contributed by atoms with Gasteiger partial charge in [-0.3, -0.25) is 14.4 Å². The number of nitrogens with one attached hydrogen (secondary N) is 2. The van der Waals surface area contributed by atoms with Gasteiger partial charge in [0.05, 0.1) is 6.42 Å². The minimum Gasteiger partial charge on any atom is -0.481 e. The highest BCUT2D eigenvalue weighted by Crippen LogP contribution is 2.10. The maximum Gasteiger partial charge on any atom is 0.305 e. The van der Waals surface area contributed by atoms with E-state index in [1.165, 1.54) is 6.92 Å². The van der Waals surface area contributed by atoms with Crippen LogP contribution in [0.1, 0.15) is 41.0 Å². The van der Waals surface area contributed by atoms with Gasteiger partial charge in [0.1, 0.15) is 6.04 Å². The average Bonchev–Trinajstić information content (AvgIpc) is 2.09. The number of carbonyl (C=O) groups excluding carboxylic acids is 2. The van der Waals surface area contributed by atoms with Crippen LogP contribution in [-0.4, -0.2) is 34.5 Å². The molecular weight excluding hydrogens is 236 g/mol. The van der Waals surface area contributed by atoms with E-state index in [0.29, 0.717) is 0 Å². The zero-order valence-electron chi connectivity index (χ0n) is 11.5. The quantitative estimate of drug-likeness (QED) is 0.647. The molecule has 3 N–H and O–H groups in total. The summed E-state index contributed by atoms with van der Waals surface area (Å²) in [4.78, 5) is 33.7. The number of hydrogen-bond acceptors (Lipinski definition) is 3. The fourth-order valence-electron chi connectivity index (χ4n) is 1.59. The smallest absolute Gasteiger partial charge is 0.305 e. The van der Waals surface area contributed by atoms with Gasteiger partial charge in [-0.2, -0.15) is 0 Å². The Labute approximate surface area is 107 Å². The van der Waals surface area contributed by atoms with Gasteiger partial charge in [0.15, 0.2) is 0 Å². The Morgan fingerprint density at radius 1 is 1.22 bits per heavy atom. The summed E-state index contributed by atoms with van der Waals surface area (Å²) in [5.41, 5.74) is -0.853. The minimum absolute atomic E-state index is 0.0745. The molecule has 2 amide bonds. The third kappa shape index (κ3) is 6.22. The van der Waals surface area contributed by atoms with Crippen molar-refractivity contribution in [2.45, 2.75) is 52.6 Å². The molecule has 0 aromatic heterocycles. The lowest BCUT2D eigenvalue weighted by molar-refractivity contribution is -0.139. The summed E-state index contributed by atoms with van der Waals surface area (Å²) in [6, 6.07) is -0.657. The molecule has 18 heavy (non-hydrogen) atoms. The summed E-state index contributed by atoms with van der Waals surface area (Å²) >= 11 is 0. The summed E-state index contributed by atoms with van der Waals surface area (Å²) in [7, 11) is 0. The third-order valence-electron chi connectivity index (χ3n) is 2.36. The number of carbonyl (C=O) groups is 3. The van der Waals surface area contributed by atoms with Crippen LogP contribution in [0.4, 0.5) is 0 Å². The van der Waals surface area contributed by atoms with Gasteiger partial charge in [-0.15, -0.1) is 0 Å². The van der Waals surface area contributed by atoms with Gasteiger partial charge >= 0.3 is 5.97 Å². The molecule has 0 aliphatic heterocycles. The van der Waals surface area contributed by atoms with Crippen molar-refractivity contribution in [1.29, 1.82) is 0 Å². The molecule has 6 nitrogen and oxygen atoms in total. The molecule has 0 saturated carbocycles. The van der Waals surface area contributed by atoms with Crippen LogP contribution >= 0.6 is 0 Å². The molecule has 0 aromatic rings. The Hall–Kier alpha value is -1.59. The van der Waals surface area contributed by atoms with Gasteiger partial charge in [-0.1, -0.05) is 13.8 Å². The number of rotatable bonds is 6. The molecule has 0 fully saturated rings. The normalized spacial score (nSPS) is 13.0. The topological polar surface area (TPSA) is 95.5 Å². The van der Waals surface area contributed by atoms with E-state index in [2.05, 4.69) is 10.6 Å². The van der Waals surface area contributed by atoms with E-state index in [1.54, 1.807) is 13.8 Å². The van der Waals surface area contributed by atoms with Gasteiger partial charge in [0.2, 0.25) is 11.8 Å². The van der Waals surface area contributed by atoms with Crippen molar-refractivity contribution in [2.24, 2.45) is 5.92 Å². The maximum atomic E-state index is 12.0. The fraction of sp³-hybridized carbons (Fsp3) is 0.750. The molecule has 0 spiro atoms. The maximum absolute atomic E-state index is 12.0. The molecule has 0 aliphatic rings. The van der Waals surface area contributed by atoms with Crippen molar-refractivity contribution in [3.8, 4) is 0 Å². The second kappa shape index (κ2) is 6.37. The van der Waals surface area contributed by atoms with Gasteiger partial charge in [-0.25, -0.2) is 0 Å². The van der Waals surface area contributed by atoms with Crippen LogP contribution in [0.2, 0.25) is 0 Å². The molecule has 0 radical (unpaired) electrons. The van der Waals surface area contributed by atoms with E-state index in [0.717, 1.165) is 0 Å². The molecule has 0 aromatic carbocycles. The van der Waals surface area contributed by atoms with Crippen molar-refractivity contribution in [1.82, 2.24) is 10.6 Å². The summed E-state index contributed by atoms with van der Waals surface area (Å²) in [5.74, 6) is -1.72. The van der Waals surface area contributed by atoms with Crippen LogP contribution < -0.4 is 10.6 Å². The van der Waals surface area contributed by atoms with Crippen molar-refractivity contribution in [3.63, 3.8) is 0 Å². The second-order valence-corrected chi connectivity index (χ2v) is 5.37. The van der Waals surface area contributed by atoms with Crippen LogP contribution in [0.15, 0.2) is 0 Å². The fourth-order valence-corrected chi connectivity index (χ4v) is 1.59. The molecule has 0 bridgehead atoms. The molecule has 1 atom stereocenters. The van der Waals surface area contributed by atoms with Crippen molar-refractivity contribution in [2.75, 3.05) is 0 Å². The van der Waals surface area contributed by atoms with E-state index in [4.69, 9.17) is 5.11 Å². The van der Waals surface area contributed by atoms with E-state index in [-0.39, 0.29) is 24.2 Å². The Morgan fingerprint density at radius 2 is 1.72 bits per heavy atom. The van der Waals surface area contributed by atoms with E-state index < -0.39 is 17.6 Å². The molecule has 0 aliphatic carbocycles. The Bertz CT molecular complexity index is 337. The minimum atomic E-state index is -0.985. The van der Waals surface area contributed by atoms with Crippen LogP contribution in [0.3, 0.4) is 0 Å². The highest BCUT2D eigenvalue weighted by molar-refractivity contribution is 5.87. The SMILES string of the molecule is CC(=O)NC(C(=O)NC(C)(C)CC(=O)O)C(C)C. The number of carboxylic acid groups (broad SMARTS) is 1. The van der Waals surface area contributed by atoms with E-state index in [1.807, 2.05) is 13.8 Å². The van der Waals surface area contributed by atoms with Crippen LogP contribution in [0.5, 0.6) is 0 Å². The Kier molecular flexibility index (Phi) is 5.81. The zero-order valence-corrected chi connectivity index (χ0v) is 11.5. The largest absolute Gasteiger partial charge is 0.481 e. The Morgan fingerprint density at radius 3 is 2.06 bits per heavy atom. The third-order valence-corrected chi connectivity index (χ3v) is 2.36. The first-order chi connectivity index (χ1) is 8.05. The highest BCUT2D eigenvalue weighted by atomic mass is 16.4. The molecular formula is C12H22N2O4. The molecule has 0 heterocycles. The molecule has 104 valence electrons. The Balaban J connectivity index is 4.69. The first-order valence-corrected chi connectivity index (χ1v) is 5.86. The number of amides is 2. The molecule has 6 heteroatoms. The van der Waals surface area contributed by atoms with Gasteiger partial charge < -0.3 is 15.7 Å². The lowest BCUT2D eigenvalue weighted by Crippen LogP contribution is -2.55. The van der Waals surface area contributed by atoms with Crippen molar-refractivity contribution < 1.29 is 19.5 Å². The predicted octanol–water partition coefficient (Wildman–Crippen LogP) is 0.517. The van der Waals surface area contributed by atoms with Gasteiger partial charge in [0.25, 0.3) is 0 Å². The van der Waals surface area contributed by atoms with Gasteiger partial charge in [0, 0.05) is 12.5 Å². The molecule has 0 rings (SSSR count). The zero-order chi connectivity index (χ0) is 14.5. The van der Waals surface area contributed by atoms with Crippen molar-refractivity contribution in [3.05, 3.63) is 0 Å². The van der Waals surface area contributed by atoms with Crippen LogP contribution in [-0.2, 0) is 14.4 Å². The number of carboxylic acids is 1. The lowest BCUT2D eigenvalue weighted by Gasteiger charge is -2.29. The number of hydrogen-bond donors (Lipinski definition) is 3. The highest BCUT2D eigenvalue weighted by Gasteiger charge is 2.29.